The molecule has 72 valence electrons. The van der Waals surface area contributed by atoms with Crippen LogP contribution in [0.5, 0.6) is 0 Å². The first kappa shape index (κ1) is 9.01. The van der Waals surface area contributed by atoms with E-state index in [-0.39, 0.29) is 11.5 Å². The van der Waals surface area contributed by atoms with Crippen LogP contribution in [0, 0.1) is 0 Å². The van der Waals surface area contributed by atoms with E-state index < -0.39 is 5.97 Å². The molecule has 0 aliphatic rings. The summed E-state index contributed by atoms with van der Waals surface area (Å²) in [5.41, 5.74) is 6.55. The number of carbonyl (C=O) groups is 1. The van der Waals surface area contributed by atoms with E-state index in [9.17, 15) is 4.79 Å². The number of aromatic nitrogens is 2. The van der Waals surface area contributed by atoms with Crippen molar-refractivity contribution >= 4 is 38.9 Å². The highest BCUT2D eigenvalue weighted by Gasteiger charge is 2.13. The Bertz CT molecular complexity index is 521. The standard InChI is InChI=1S/C8H6BrN3O2/c9-4-2-1-3(7(13)14)5-6(4)12-8(10)11-5/h1-2H,(H,13,14)(H3,10,11,12). The van der Waals surface area contributed by atoms with E-state index in [1.54, 1.807) is 6.07 Å². The number of nitrogens with two attached hydrogens (primary N) is 1. The van der Waals surface area contributed by atoms with E-state index in [1.807, 2.05) is 0 Å². The zero-order valence-corrected chi connectivity index (χ0v) is 8.50. The van der Waals surface area contributed by atoms with Gasteiger partial charge in [0.15, 0.2) is 5.95 Å². The number of aromatic amines is 1. The molecule has 2 rings (SSSR count). The molecular formula is C8H6BrN3O2. The maximum Gasteiger partial charge on any atom is 0.337 e. The van der Waals surface area contributed by atoms with Crippen molar-refractivity contribution in [3.63, 3.8) is 0 Å². The van der Waals surface area contributed by atoms with Crippen molar-refractivity contribution in [1.82, 2.24) is 9.97 Å². The number of carboxylic acid groups (broad SMARTS) is 1. The number of hydrogen-bond acceptors (Lipinski definition) is 3. The second-order valence-corrected chi connectivity index (χ2v) is 3.60. The molecule has 5 nitrogen and oxygen atoms in total. The highest BCUT2D eigenvalue weighted by atomic mass is 79.9. The van der Waals surface area contributed by atoms with Crippen molar-refractivity contribution in [1.29, 1.82) is 0 Å². The number of anilines is 1. The fourth-order valence-electron chi connectivity index (χ4n) is 1.25. The fourth-order valence-corrected chi connectivity index (χ4v) is 1.67. The maximum absolute atomic E-state index is 10.8. The van der Waals surface area contributed by atoms with E-state index in [2.05, 4.69) is 25.9 Å². The molecule has 0 aliphatic heterocycles. The van der Waals surface area contributed by atoms with Crippen LogP contribution in [-0.4, -0.2) is 21.0 Å². The Hall–Kier alpha value is -1.56. The predicted molar refractivity (Wildman–Crippen MR) is 55.2 cm³/mol. The Morgan fingerprint density at radius 1 is 1.57 bits per heavy atom. The van der Waals surface area contributed by atoms with Crippen LogP contribution >= 0.6 is 15.9 Å². The lowest BCUT2D eigenvalue weighted by molar-refractivity contribution is 0.0699. The number of benzene rings is 1. The molecule has 1 heterocycles. The first-order valence-electron chi connectivity index (χ1n) is 3.76. The minimum atomic E-state index is -1.02. The van der Waals surface area contributed by atoms with Gasteiger partial charge in [0, 0.05) is 4.47 Å². The van der Waals surface area contributed by atoms with Gasteiger partial charge in [-0.3, -0.25) is 0 Å². The third-order valence-corrected chi connectivity index (χ3v) is 2.50. The molecule has 0 saturated carbocycles. The predicted octanol–water partition coefficient (Wildman–Crippen LogP) is 1.61. The van der Waals surface area contributed by atoms with E-state index >= 15 is 0 Å². The van der Waals surface area contributed by atoms with Gasteiger partial charge in [0.05, 0.1) is 11.1 Å². The minimum Gasteiger partial charge on any atom is -0.478 e. The number of aromatic carboxylic acids is 1. The summed E-state index contributed by atoms with van der Waals surface area (Å²) in [5, 5.41) is 8.87. The average molecular weight is 256 g/mol. The Kier molecular flexibility index (Phi) is 1.92. The second kappa shape index (κ2) is 2.98. The first-order valence-corrected chi connectivity index (χ1v) is 4.56. The van der Waals surface area contributed by atoms with E-state index in [0.717, 1.165) is 4.47 Å². The SMILES string of the molecule is Nc1nc2c(C(=O)O)ccc(Br)c2[nH]1. The fraction of sp³-hybridized carbons (Fsp3) is 0. The van der Waals surface area contributed by atoms with Crippen LogP contribution in [0.2, 0.25) is 0 Å². The van der Waals surface area contributed by atoms with Gasteiger partial charge in [-0.25, -0.2) is 9.78 Å². The van der Waals surface area contributed by atoms with Crippen LogP contribution in [0.25, 0.3) is 11.0 Å². The maximum atomic E-state index is 10.8. The summed E-state index contributed by atoms with van der Waals surface area (Å²) in [4.78, 5) is 17.5. The molecule has 4 N–H and O–H groups in total. The van der Waals surface area contributed by atoms with Gasteiger partial charge in [-0.2, -0.15) is 0 Å². The van der Waals surface area contributed by atoms with Crippen molar-refractivity contribution in [2.45, 2.75) is 0 Å². The van der Waals surface area contributed by atoms with Gasteiger partial charge in [-0.15, -0.1) is 0 Å². The van der Waals surface area contributed by atoms with Gasteiger partial charge in [0.2, 0.25) is 0 Å². The van der Waals surface area contributed by atoms with Crippen LogP contribution in [-0.2, 0) is 0 Å². The summed E-state index contributed by atoms with van der Waals surface area (Å²) in [5.74, 6) is -0.816. The summed E-state index contributed by atoms with van der Waals surface area (Å²) in [7, 11) is 0. The molecule has 0 bridgehead atoms. The summed E-state index contributed by atoms with van der Waals surface area (Å²) in [6.07, 6.45) is 0. The summed E-state index contributed by atoms with van der Waals surface area (Å²) in [6.45, 7) is 0. The number of fused-ring (bicyclic) bond motifs is 1. The number of rotatable bonds is 1. The monoisotopic (exact) mass is 255 g/mol. The van der Waals surface area contributed by atoms with Gasteiger partial charge >= 0.3 is 5.97 Å². The summed E-state index contributed by atoms with van der Waals surface area (Å²) >= 11 is 3.27. The number of nitrogen functional groups attached to an aromatic ring is 1. The Balaban J connectivity index is 2.87. The van der Waals surface area contributed by atoms with Crippen molar-refractivity contribution in [2.24, 2.45) is 0 Å². The molecular weight excluding hydrogens is 250 g/mol. The molecule has 14 heavy (non-hydrogen) atoms. The third kappa shape index (κ3) is 1.24. The van der Waals surface area contributed by atoms with Gasteiger partial charge < -0.3 is 15.8 Å². The molecule has 6 heteroatoms. The largest absolute Gasteiger partial charge is 0.478 e. The normalized spacial score (nSPS) is 10.6. The lowest BCUT2D eigenvalue weighted by Gasteiger charge is -1.96. The molecule has 0 radical (unpaired) electrons. The second-order valence-electron chi connectivity index (χ2n) is 2.75. The van der Waals surface area contributed by atoms with E-state index in [0.29, 0.717) is 11.0 Å². The van der Waals surface area contributed by atoms with Crippen LogP contribution < -0.4 is 5.73 Å². The Morgan fingerprint density at radius 2 is 2.29 bits per heavy atom. The number of carboxylic acids is 1. The quantitative estimate of drug-likeness (QED) is 0.722. The Morgan fingerprint density at radius 3 is 2.93 bits per heavy atom. The molecule has 0 aliphatic carbocycles. The molecule has 0 unspecified atom stereocenters. The summed E-state index contributed by atoms with van der Waals surface area (Å²) in [6, 6.07) is 3.12. The van der Waals surface area contributed by atoms with Crippen molar-refractivity contribution in [3.8, 4) is 0 Å². The zero-order chi connectivity index (χ0) is 10.3. The highest BCUT2D eigenvalue weighted by molar-refractivity contribution is 9.10. The molecule has 1 aromatic heterocycles. The summed E-state index contributed by atoms with van der Waals surface area (Å²) < 4.78 is 0.738. The average Bonchev–Trinajstić information content (AvgIpc) is 2.47. The third-order valence-electron chi connectivity index (χ3n) is 1.84. The van der Waals surface area contributed by atoms with Gasteiger partial charge in [-0.05, 0) is 28.1 Å². The van der Waals surface area contributed by atoms with E-state index in [1.165, 1.54) is 6.07 Å². The highest BCUT2D eigenvalue weighted by Crippen LogP contribution is 2.25. The van der Waals surface area contributed by atoms with Crippen molar-refractivity contribution < 1.29 is 9.90 Å². The lowest BCUT2D eigenvalue weighted by atomic mass is 10.2. The van der Waals surface area contributed by atoms with Gasteiger partial charge in [-0.1, -0.05) is 0 Å². The van der Waals surface area contributed by atoms with Crippen molar-refractivity contribution in [2.75, 3.05) is 5.73 Å². The van der Waals surface area contributed by atoms with Crippen LogP contribution in [0.3, 0.4) is 0 Å². The smallest absolute Gasteiger partial charge is 0.337 e. The molecule has 0 amide bonds. The van der Waals surface area contributed by atoms with Crippen LogP contribution in [0.15, 0.2) is 16.6 Å². The molecule has 0 spiro atoms. The Labute approximate surface area is 87.1 Å². The van der Waals surface area contributed by atoms with E-state index in [4.69, 9.17) is 10.8 Å². The molecule has 1 aromatic carbocycles. The first-order chi connectivity index (χ1) is 6.59. The molecule has 0 fully saturated rings. The van der Waals surface area contributed by atoms with Crippen LogP contribution in [0.4, 0.5) is 5.95 Å². The molecule has 0 atom stereocenters. The molecule has 0 saturated heterocycles. The molecule has 2 aromatic rings. The number of H-pyrrole nitrogens is 1. The number of nitrogens with zero attached hydrogens (tertiary/aromatic N) is 1. The minimum absolute atomic E-state index is 0.135. The number of hydrogen-bond donors (Lipinski definition) is 3. The van der Waals surface area contributed by atoms with Crippen LogP contribution in [0.1, 0.15) is 10.4 Å². The van der Waals surface area contributed by atoms with Gasteiger partial charge in [0.25, 0.3) is 0 Å². The number of nitrogens with one attached hydrogen (secondary N) is 1. The van der Waals surface area contributed by atoms with Gasteiger partial charge in [0.1, 0.15) is 5.52 Å². The van der Waals surface area contributed by atoms with Crippen molar-refractivity contribution in [3.05, 3.63) is 22.2 Å². The lowest BCUT2D eigenvalue weighted by Crippen LogP contribution is -1.97. The zero-order valence-electron chi connectivity index (χ0n) is 6.91. The number of imidazole rings is 1. The number of halogens is 1. The topological polar surface area (TPSA) is 92.0 Å².